The molecular formula is C12H16BrClN4O. The molecule has 0 saturated heterocycles. The molecule has 0 aliphatic rings. The summed E-state index contributed by atoms with van der Waals surface area (Å²) in [5.74, 6) is 1.14. The van der Waals surface area contributed by atoms with Crippen molar-refractivity contribution in [3.8, 4) is 0 Å². The highest BCUT2D eigenvalue weighted by molar-refractivity contribution is 9.10. The van der Waals surface area contributed by atoms with Gasteiger partial charge in [0.05, 0.1) is 13.1 Å². The van der Waals surface area contributed by atoms with Crippen LogP contribution in [0.4, 0.5) is 0 Å². The monoisotopic (exact) mass is 346 g/mol. The van der Waals surface area contributed by atoms with Crippen LogP contribution in [-0.2, 0) is 19.6 Å². The zero-order valence-corrected chi connectivity index (χ0v) is 12.9. The summed E-state index contributed by atoms with van der Waals surface area (Å²) in [5.41, 5.74) is 6.66. The van der Waals surface area contributed by atoms with E-state index < -0.39 is 0 Å². The van der Waals surface area contributed by atoms with E-state index in [1.807, 2.05) is 19.2 Å². The molecule has 1 heterocycles. The molecule has 2 aromatic rings. The summed E-state index contributed by atoms with van der Waals surface area (Å²) < 4.78 is 6.04. The fourth-order valence-electron chi connectivity index (χ4n) is 1.64. The molecule has 0 aliphatic carbocycles. The maximum absolute atomic E-state index is 5.42. The molecule has 1 aromatic carbocycles. The van der Waals surface area contributed by atoms with Crippen LogP contribution in [0.3, 0.4) is 0 Å². The average molecular weight is 348 g/mol. The van der Waals surface area contributed by atoms with Crippen LogP contribution in [0.5, 0.6) is 0 Å². The topological polar surface area (TPSA) is 68.2 Å². The third-order valence-corrected chi connectivity index (χ3v) is 2.99. The van der Waals surface area contributed by atoms with Crippen LogP contribution in [0.25, 0.3) is 0 Å². The molecule has 7 heteroatoms. The first-order chi connectivity index (χ1) is 8.67. The minimum atomic E-state index is 0. The third kappa shape index (κ3) is 4.91. The van der Waals surface area contributed by atoms with E-state index in [0.717, 1.165) is 11.0 Å². The van der Waals surface area contributed by atoms with E-state index in [1.165, 1.54) is 5.56 Å². The lowest BCUT2D eigenvalue weighted by molar-refractivity contribution is 0.300. The first-order valence-electron chi connectivity index (χ1n) is 5.62. The van der Waals surface area contributed by atoms with Crippen molar-refractivity contribution in [1.82, 2.24) is 15.0 Å². The standard InChI is InChI=1S/C12H15BrN4O.ClH/c1-17(7-9-2-4-10(13)5-3-9)8-11-15-12(6-14)18-16-11;/h2-5H,6-8,14H2,1H3;1H. The van der Waals surface area contributed by atoms with Crippen LogP contribution in [0.2, 0.25) is 0 Å². The second kappa shape index (κ2) is 7.59. The predicted molar refractivity (Wildman–Crippen MR) is 78.8 cm³/mol. The summed E-state index contributed by atoms with van der Waals surface area (Å²) in [4.78, 5) is 6.29. The first kappa shape index (κ1) is 16.1. The molecule has 5 nitrogen and oxygen atoms in total. The van der Waals surface area contributed by atoms with Gasteiger partial charge in [-0.25, -0.2) is 0 Å². The average Bonchev–Trinajstić information content (AvgIpc) is 2.79. The second-order valence-electron chi connectivity index (χ2n) is 4.11. The highest BCUT2D eigenvalue weighted by atomic mass is 79.9. The molecule has 2 rings (SSSR count). The van der Waals surface area contributed by atoms with Gasteiger partial charge in [-0.15, -0.1) is 12.4 Å². The van der Waals surface area contributed by atoms with Crippen LogP contribution < -0.4 is 5.73 Å². The van der Waals surface area contributed by atoms with Gasteiger partial charge >= 0.3 is 0 Å². The van der Waals surface area contributed by atoms with Gasteiger partial charge in [0.2, 0.25) is 5.89 Å². The Hall–Kier alpha value is -0.950. The van der Waals surface area contributed by atoms with Crippen molar-refractivity contribution < 1.29 is 4.52 Å². The van der Waals surface area contributed by atoms with Gasteiger partial charge in [0, 0.05) is 11.0 Å². The Kier molecular flexibility index (Phi) is 6.44. The van der Waals surface area contributed by atoms with Crippen molar-refractivity contribution in [3.63, 3.8) is 0 Å². The van der Waals surface area contributed by atoms with E-state index in [0.29, 0.717) is 18.3 Å². The fourth-order valence-corrected chi connectivity index (χ4v) is 1.90. The number of nitrogens with zero attached hydrogens (tertiary/aromatic N) is 3. The molecule has 19 heavy (non-hydrogen) atoms. The number of benzene rings is 1. The van der Waals surface area contributed by atoms with Crippen LogP contribution in [0.1, 0.15) is 17.3 Å². The molecule has 0 spiro atoms. The van der Waals surface area contributed by atoms with E-state index in [2.05, 4.69) is 43.1 Å². The Morgan fingerprint density at radius 3 is 2.53 bits per heavy atom. The van der Waals surface area contributed by atoms with Gasteiger partial charge in [-0.1, -0.05) is 33.2 Å². The third-order valence-electron chi connectivity index (χ3n) is 2.46. The molecule has 104 valence electrons. The molecule has 0 saturated carbocycles. The zero-order valence-electron chi connectivity index (χ0n) is 10.5. The number of hydrogen-bond acceptors (Lipinski definition) is 5. The summed E-state index contributed by atoms with van der Waals surface area (Å²) in [7, 11) is 2.01. The van der Waals surface area contributed by atoms with Crippen molar-refractivity contribution >= 4 is 28.3 Å². The second-order valence-corrected chi connectivity index (χ2v) is 5.02. The minimum Gasteiger partial charge on any atom is -0.338 e. The zero-order chi connectivity index (χ0) is 13.0. The Morgan fingerprint density at radius 1 is 1.26 bits per heavy atom. The summed E-state index contributed by atoms with van der Waals surface area (Å²) in [6.07, 6.45) is 0. The van der Waals surface area contributed by atoms with Crippen LogP contribution in [0.15, 0.2) is 33.3 Å². The summed E-state index contributed by atoms with van der Waals surface area (Å²) in [5, 5.41) is 3.87. The van der Waals surface area contributed by atoms with Gasteiger partial charge in [-0.2, -0.15) is 4.98 Å². The molecule has 2 N–H and O–H groups in total. The van der Waals surface area contributed by atoms with Crippen LogP contribution in [-0.4, -0.2) is 22.1 Å². The van der Waals surface area contributed by atoms with Gasteiger partial charge in [-0.3, -0.25) is 4.90 Å². The van der Waals surface area contributed by atoms with Crippen molar-refractivity contribution in [3.05, 3.63) is 46.0 Å². The number of nitrogens with two attached hydrogens (primary N) is 1. The van der Waals surface area contributed by atoms with E-state index in [9.17, 15) is 0 Å². The summed E-state index contributed by atoms with van der Waals surface area (Å²) in [6.45, 7) is 1.75. The lowest BCUT2D eigenvalue weighted by atomic mass is 10.2. The number of rotatable bonds is 5. The minimum absolute atomic E-state index is 0. The highest BCUT2D eigenvalue weighted by Crippen LogP contribution is 2.12. The number of halogens is 2. The number of hydrogen-bond donors (Lipinski definition) is 1. The lowest BCUT2D eigenvalue weighted by Crippen LogP contribution is -2.18. The Labute approximate surface area is 126 Å². The largest absolute Gasteiger partial charge is 0.338 e. The van der Waals surface area contributed by atoms with Crippen molar-refractivity contribution in [2.45, 2.75) is 19.6 Å². The molecular weight excluding hydrogens is 332 g/mol. The van der Waals surface area contributed by atoms with E-state index in [-0.39, 0.29) is 19.0 Å². The normalized spacial score (nSPS) is 10.5. The summed E-state index contributed by atoms with van der Waals surface area (Å²) in [6, 6.07) is 8.23. The van der Waals surface area contributed by atoms with Gasteiger partial charge in [-0.05, 0) is 24.7 Å². The molecule has 0 radical (unpaired) electrons. The SMILES string of the molecule is CN(Cc1ccc(Br)cc1)Cc1noc(CN)n1.Cl. The number of aromatic nitrogens is 2. The molecule has 0 bridgehead atoms. The first-order valence-corrected chi connectivity index (χ1v) is 6.41. The van der Waals surface area contributed by atoms with Crippen LogP contribution in [0, 0.1) is 0 Å². The molecule has 0 aliphatic heterocycles. The molecule has 0 amide bonds. The quantitative estimate of drug-likeness (QED) is 0.899. The van der Waals surface area contributed by atoms with Gasteiger partial charge < -0.3 is 10.3 Å². The Balaban J connectivity index is 0.00000180. The smallest absolute Gasteiger partial charge is 0.240 e. The molecule has 0 atom stereocenters. The molecule has 1 aromatic heterocycles. The molecule has 0 fully saturated rings. The van der Waals surface area contributed by atoms with Gasteiger partial charge in [0.25, 0.3) is 0 Å². The highest BCUT2D eigenvalue weighted by Gasteiger charge is 2.08. The molecule has 0 unspecified atom stereocenters. The van der Waals surface area contributed by atoms with Crippen molar-refractivity contribution in [2.75, 3.05) is 7.05 Å². The van der Waals surface area contributed by atoms with Gasteiger partial charge in [0.15, 0.2) is 5.82 Å². The predicted octanol–water partition coefficient (Wildman–Crippen LogP) is 2.34. The van der Waals surface area contributed by atoms with Gasteiger partial charge in [0.1, 0.15) is 0 Å². The Morgan fingerprint density at radius 2 is 1.95 bits per heavy atom. The van der Waals surface area contributed by atoms with Crippen molar-refractivity contribution in [2.24, 2.45) is 5.73 Å². The van der Waals surface area contributed by atoms with Crippen LogP contribution >= 0.6 is 28.3 Å². The fraction of sp³-hybridized carbons (Fsp3) is 0.333. The summed E-state index contributed by atoms with van der Waals surface area (Å²) >= 11 is 3.42. The van der Waals surface area contributed by atoms with E-state index in [1.54, 1.807) is 0 Å². The lowest BCUT2D eigenvalue weighted by Gasteiger charge is -2.14. The van der Waals surface area contributed by atoms with Crippen molar-refractivity contribution in [1.29, 1.82) is 0 Å². The Bertz CT molecular complexity index is 503. The maximum Gasteiger partial charge on any atom is 0.240 e. The van der Waals surface area contributed by atoms with E-state index in [4.69, 9.17) is 10.3 Å². The van der Waals surface area contributed by atoms with E-state index >= 15 is 0 Å². The maximum atomic E-state index is 5.42.